The largest absolute Gasteiger partial charge is 0.462 e. The highest BCUT2D eigenvalue weighted by Crippen LogP contribution is 2.40. The quantitative estimate of drug-likeness (QED) is 0.125. The zero-order valence-electron chi connectivity index (χ0n) is 23.3. The molecular formula is C30H31N3O7S2. The van der Waals surface area contributed by atoms with Gasteiger partial charge < -0.3 is 14.8 Å². The van der Waals surface area contributed by atoms with E-state index in [0.29, 0.717) is 46.9 Å². The Bertz CT molecular complexity index is 1420. The topological polar surface area (TPSA) is 149 Å². The summed E-state index contributed by atoms with van der Waals surface area (Å²) in [6, 6.07) is 16.6. The molecule has 10 nitrogen and oxygen atoms in total. The summed E-state index contributed by atoms with van der Waals surface area (Å²) < 4.78 is 11.1. The number of carbonyl (C=O) groups is 3. The number of nitrogens with one attached hydrogen (secondary N) is 1. The maximum absolute atomic E-state index is 13.4. The molecule has 0 aliphatic carbocycles. The van der Waals surface area contributed by atoms with Crippen molar-refractivity contribution in [3.63, 3.8) is 0 Å². The predicted octanol–water partition coefficient (Wildman–Crippen LogP) is 5.53. The van der Waals surface area contributed by atoms with Crippen molar-refractivity contribution in [3.8, 4) is 6.07 Å². The van der Waals surface area contributed by atoms with Crippen molar-refractivity contribution in [2.24, 2.45) is 0 Å². The fourth-order valence-electron chi connectivity index (χ4n) is 4.31. The predicted molar refractivity (Wildman–Crippen MR) is 162 cm³/mol. The average molecular weight is 610 g/mol. The van der Waals surface area contributed by atoms with E-state index in [9.17, 15) is 24.5 Å². The molecule has 12 heteroatoms. The second-order valence-corrected chi connectivity index (χ2v) is 11.4. The molecule has 1 heterocycles. The van der Waals surface area contributed by atoms with Crippen LogP contribution in [0.15, 0.2) is 77.1 Å². The van der Waals surface area contributed by atoms with Gasteiger partial charge >= 0.3 is 11.9 Å². The number of non-ortho nitro benzene ring substituents is 1. The first-order valence-corrected chi connectivity index (χ1v) is 15.3. The number of allylic oxidation sites excluding steroid dienone is 2. The van der Waals surface area contributed by atoms with Crippen molar-refractivity contribution in [1.29, 1.82) is 5.26 Å². The van der Waals surface area contributed by atoms with E-state index < -0.39 is 22.8 Å². The Morgan fingerprint density at radius 3 is 2.26 bits per heavy atom. The third-order valence-corrected chi connectivity index (χ3v) is 8.14. The third-order valence-electron chi connectivity index (χ3n) is 6.20. The van der Waals surface area contributed by atoms with Crippen LogP contribution < -0.4 is 5.32 Å². The molecule has 1 N–H and O–H groups in total. The van der Waals surface area contributed by atoms with Gasteiger partial charge in [-0.05, 0) is 31.6 Å². The number of nitrogens with zero attached hydrogens (tertiary/aromatic N) is 2. The van der Waals surface area contributed by atoms with Crippen LogP contribution >= 0.6 is 23.5 Å². The first-order chi connectivity index (χ1) is 20.2. The number of ether oxygens (including phenoxy) is 2. The van der Waals surface area contributed by atoms with Crippen molar-refractivity contribution in [2.75, 3.05) is 30.5 Å². The summed E-state index contributed by atoms with van der Waals surface area (Å²) in [5.74, 6) is -0.717. The number of dihydropyridines is 1. The first kappa shape index (κ1) is 32.4. The molecule has 2 aromatic rings. The van der Waals surface area contributed by atoms with E-state index in [1.165, 1.54) is 18.2 Å². The van der Waals surface area contributed by atoms with Crippen LogP contribution in [0.1, 0.15) is 48.5 Å². The fourth-order valence-corrected chi connectivity index (χ4v) is 5.73. The third kappa shape index (κ3) is 8.96. The second-order valence-electron chi connectivity index (χ2n) is 9.14. The summed E-state index contributed by atoms with van der Waals surface area (Å²) in [6.07, 6.45) is 1.02. The highest BCUT2D eigenvalue weighted by atomic mass is 32.2. The Morgan fingerprint density at radius 1 is 0.952 bits per heavy atom. The SMILES string of the molecule is CC1=C(C(=O)OCCCSCCC#N)C(c2cccc([N+](=O)[O-])c2)C(C(=O)OCCSC(=O)c2ccccc2)=C(C)N1. The maximum Gasteiger partial charge on any atom is 0.336 e. The molecule has 1 unspecified atom stereocenters. The molecule has 1 atom stereocenters. The van der Waals surface area contributed by atoms with Gasteiger partial charge in [-0.15, -0.1) is 0 Å². The van der Waals surface area contributed by atoms with Gasteiger partial charge in [0.1, 0.15) is 6.61 Å². The molecule has 0 radical (unpaired) electrons. The summed E-state index contributed by atoms with van der Waals surface area (Å²) >= 11 is 2.61. The van der Waals surface area contributed by atoms with Crippen molar-refractivity contribution >= 4 is 46.3 Å². The average Bonchev–Trinajstić information content (AvgIpc) is 2.98. The van der Waals surface area contributed by atoms with Gasteiger partial charge in [-0.3, -0.25) is 14.9 Å². The molecule has 3 rings (SSSR count). The number of nitro benzene ring substituents is 1. The smallest absolute Gasteiger partial charge is 0.336 e. The Morgan fingerprint density at radius 2 is 1.62 bits per heavy atom. The van der Waals surface area contributed by atoms with Crippen LogP contribution in [0.4, 0.5) is 5.69 Å². The molecule has 0 bridgehead atoms. The number of esters is 2. The van der Waals surface area contributed by atoms with Crippen LogP contribution in [0, 0.1) is 21.4 Å². The number of hydrogen-bond donors (Lipinski definition) is 1. The van der Waals surface area contributed by atoms with Gasteiger partial charge in [-0.25, -0.2) is 9.59 Å². The van der Waals surface area contributed by atoms with Gasteiger partial charge in [-0.2, -0.15) is 17.0 Å². The van der Waals surface area contributed by atoms with Crippen molar-refractivity contribution in [1.82, 2.24) is 5.32 Å². The first-order valence-electron chi connectivity index (χ1n) is 13.2. The van der Waals surface area contributed by atoms with E-state index >= 15 is 0 Å². The molecule has 0 amide bonds. The molecule has 2 aromatic carbocycles. The van der Waals surface area contributed by atoms with Crippen LogP contribution in [0.5, 0.6) is 0 Å². The minimum atomic E-state index is -0.977. The Labute approximate surface area is 252 Å². The molecular weight excluding hydrogens is 578 g/mol. The number of hydrogen-bond acceptors (Lipinski definition) is 11. The maximum atomic E-state index is 13.4. The molecule has 220 valence electrons. The van der Waals surface area contributed by atoms with Crippen molar-refractivity contribution in [2.45, 2.75) is 32.6 Å². The highest BCUT2D eigenvalue weighted by molar-refractivity contribution is 8.14. The lowest BCUT2D eigenvalue weighted by Crippen LogP contribution is -2.33. The highest BCUT2D eigenvalue weighted by Gasteiger charge is 2.38. The molecule has 0 fully saturated rings. The second kappa shape index (κ2) is 16.4. The van der Waals surface area contributed by atoms with E-state index in [1.807, 2.05) is 6.07 Å². The molecule has 1 aliphatic heterocycles. The molecule has 1 aliphatic rings. The van der Waals surface area contributed by atoms with Crippen LogP contribution in [-0.4, -0.2) is 52.4 Å². The van der Waals surface area contributed by atoms with Crippen molar-refractivity contribution < 1.29 is 28.8 Å². The van der Waals surface area contributed by atoms with Crippen LogP contribution in [0.3, 0.4) is 0 Å². The molecule has 0 spiro atoms. The van der Waals surface area contributed by atoms with Gasteiger partial charge in [-0.1, -0.05) is 54.2 Å². The molecule has 0 saturated heterocycles. The number of thioether (sulfide) groups is 2. The van der Waals surface area contributed by atoms with Crippen molar-refractivity contribution in [3.05, 3.63) is 98.4 Å². The Balaban J connectivity index is 1.78. The number of nitriles is 1. The summed E-state index contributed by atoms with van der Waals surface area (Å²) in [6.45, 7) is 3.41. The lowest BCUT2D eigenvalue weighted by Gasteiger charge is -2.30. The number of rotatable bonds is 14. The van der Waals surface area contributed by atoms with E-state index in [-0.39, 0.29) is 40.9 Å². The molecule has 0 saturated carbocycles. The van der Waals surface area contributed by atoms with E-state index in [0.717, 1.165) is 11.8 Å². The fraction of sp³-hybridized carbons (Fsp3) is 0.333. The Hall–Kier alpha value is -4.08. The zero-order valence-corrected chi connectivity index (χ0v) is 24.9. The number of nitro groups is 1. The standard InChI is InChI=1S/C30H31N3O7S2/c1-20-25(28(34)39-14-8-17-41-16-7-13-31)27(23-11-6-12-24(19-23)33(37)38)26(21(2)32-20)29(35)40-15-18-42-30(36)22-9-4-3-5-10-22/h3-6,9-12,19,27,32H,7-8,14-18H2,1-2H3. The normalized spacial score (nSPS) is 14.5. The zero-order chi connectivity index (χ0) is 30.5. The molecule has 42 heavy (non-hydrogen) atoms. The van der Waals surface area contributed by atoms with Gasteiger partial charge in [0.15, 0.2) is 0 Å². The minimum Gasteiger partial charge on any atom is -0.462 e. The lowest BCUT2D eigenvalue weighted by atomic mass is 9.80. The number of carbonyl (C=O) groups excluding carboxylic acids is 3. The lowest BCUT2D eigenvalue weighted by molar-refractivity contribution is -0.384. The van der Waals surface area contributed by atoms with Crippen LogP contribution in [-0.2, 0) is 19.1 Å². The van der Waals surface area contributed by atoms with E-state index in [4.69, 9.17) is 14.7 Å². The van der Waals surface area contributed by atoms with Gasteiger partial charge in [0.05, 0.1) is 34.7 Å². The van der Waals surface area contributed by atoms with Crippen LogP contribution in [0.25, 0.3) is 0 Å². The molecule has 0 aromatic heterocycles. The van der Waals surface area contributed by atoms with Gasteiger partial charge in [0, 0.05) is 47.0 Å². The Kier molecular flexibility index (Phi) is 12.7. The summed E-state index contributed by atoms with van der Waals surface area (Å²) in [7, 11) is 0. The minimum absolute atomic E-state index is 0.0630. The van der Waals surface area contributed by atoms with E-state index in [1.54, 1.807) is 55.9 Å². The number of benzene rings is 2. The summed E-state index contributed by atoms with van der Waals surface area (Å²) in [5.41, 5.74) is 1.89. The monoisotopic (exact) mass is 609 g/mol. The summed E-state index contributed by atoms with van der Waals surface area (Å²) in [5, 5.41) is 23.1. The van der Waals surface area contributed by atoms with Gasteiger partial charge in [0.25, 0.3) is 5.69 Å². The van der Waals surface area contributed by atoms with Gasteiger partial charge in [0.2, 0.25) is 5.12 Å². The van der Waals surface area contributed by atoms with Crippen LogP contribution in [0.2, 0.25) is 0 Å². The summed E-state index contributed by atoms with van der Waals surface area (Å²) in [4.78, 5) is 50.2. The van der Waals surface area contributed by atoms with E-state index in [2.05, 4.69) is 11.4 Å².